The van der Waals surface area contributed by atoms with Crippen LogP contribution in [0, 0.1) is 0 Å². The zero-order valence-corrected chi connectivity index (χ0v) is 22.3. The quantitative estimate of drug-likeness (QED) is 0.393. The first kappa shape index (κ1) is 24.1. The third-order valence-corrected chi connectivity index (χ3v) is 8.48. The molecule has 2 aromatic carbocycles. The second-order valence-corrected chi connectivity index (χ2v) is 10.9. The molecule has 3 N–H and O–H groups in total. The minimum atomic E-state index is 0.276. The number of aromatic nitrogens is 5. The number of nitrogens with one attached hydrogen (secondary N) is 1. The topological polar surface area (TPSA) is 101 Å². The molecule has 2 saturated heterocycles. The predicted molar refractivity (Wildman–Crippen MR) is 155 cm³/mol. The zero-order valence-electron chi connectivity index (χ0n) is 22.3. The molecule has 0 radical (unpaired) electrons. The van der Waals surface area contributed by atoms with Crippen LogP contribution in [0.5, 0.6) is 0 Å². The molecule has 2 fully saturated rings. The van der Waals surface area contributed by atoms with Gasteiger partial charge >= 0.3 is 0 Å². The lowest BCUT2D eigenvalue weighted by Gasteiger charge is -2.37. The van der Waals surface area contributed by atoms with E-state index in [-0.39, 0.29) is 5.95 Å². The van der Waals surface area contributed by atoms with Crippen LogP contribution in [0.15, 0.2) is 54.6 Å². The summed E-state index contributed by atoms with van der Waals surface area (Å²) in [5.41, 5.74) is 13.0. The van der Waals surface area contributed by atoms with E-state index in [1.54, 1.807) is 4.68 Å². The van der Waals surface area contributed by atoms with Crippen molar-refractivity contribution < 1.29 is 0 Å². The number of piperidine rings is 1. The van der Waals surface area contributed by atoms with Crippen molar-refractivity contribution in [2.75, 3.05) is 42.1 Å². The van der Waals surface area contributed by atoms with Gasteiger partial charge in [0.2, 0.25) is 11.9 Å². The molecule has 200 valence electrons. The largest absolute Gasteiger partial charge is 0.371 e. The van der Waals surface area contributed by atoms with Crippen LogP contribution in [0.25, 0.3) is 17.1 Å². The number of hydrogen-bond acceptors (Lipinski definition) is 8. The predicted octanol–water partition coefficient (Wildman–Crippen LogP) is 4.60. The second-order valence-electron chi connectivity index (χ2n) is 10.9. The van der Waals surface area contributed by atoms with E-state index in [2.05, 4.69) is 83.9 Å². The molecule has 3 aliphatic rings. The summed E-state index contributed by atoms with van der Waals surface area (Å²) in [5.74, 6) is 1.30. The molecule has 0 atom stereocenters. The van der Waals surface area contributed by atoms with Crippen LogP contribution in [0.3, 0.4) is 0 Å². The Balaban J connectivity index is 1.04. The van der Waals surface area contributed by atoms with Gasteiger partial charge in [0.25, 0.3) is 0 Å². The Labute approximate surface area is 229 Å². The minimum Gasteiger partial charge on any atom is -0.371 e. The van der Waals surface area contributed by atoms with Crippen LogP contribution in [0.2, 0.25) is 0 Å². The molecule has 4 aromatic rings. The monoisotopic (exact) mass is 521 g/mol. The van der Waals surface area contributed by atoms with Gasteiger partial charge in [-0.25, -0.2) is 0 Å². The fourth-order valence-corrected chi connectivity index (χ4v) is 6.40. The molecule has 2 aromatic heterocycles. The number of nitrogens with zero attached hydrogens (tertiary/aromatic N) is 7. The zero-order chi connectivity index (χ0) is 26.2. The summed E-state index contributed by atoms with van der Waals surface area (Å²) >= 11 is 0. The van der Waals surface area contributed by atoms with Gasteiger partial charge in [0.05, 0.1) is 5.69 Å². The smallest absolute Gasteiger partial charge is 0.248 e. The van der Waals surface area contributed by atoms with Crippen LogP contribution in [-0.4, -0.2) is 62.1 Å². The van der Waals surface area contributed by atoms with Crippen molar-refractivity contribution >= 4 is 23.3 Å². The van der Waals surface area contributed by atoms with Crippen molar-refractivity contribution in [1.82, 2.24) is 29.9 Å². The minimum absolute atomic E-state index is 0.276. The number of rotatable bonds is 5. The SMILES string of the molecule is Nc1nc(Nc2ccc(N3CCC(N4CCCC4)CC3)cc2)nn1-c1cc2c(nn1)-c1ccccc1CCC2. The first-order valence-corrected chi connectivity index (χ1v) is 14.3. The first-order valence-electron chi connectivity index (χ1n) is 14.3. The van der Waals surface area contributed by atoms with Crippen LogP contribution < -0.4 is 16.0 Å². The molecule has 0 unspecified atom stereocenters. The van der Waals surface area contributed by atoms with Gasteiger partial charge in [0.15, 0.2) is 5.82 Å². The number of nitrogens with two attached hydrogens (primary N) is 1. The average molecular weight is 522 g/mol. The van der Waals surface area contributed by atoms with Gasteiger partial charge in [-0.15, -0.1) is 15.3 Å². The third-order valence-electron chi connectivity index (χ3n) is 8.48. The Kier molecular flexibility index (Phi) is 6.36. The van der Waals surface area contributed by atoms with E-state index in [0.29, 0.717) is 11.8 Å². The number of aryl methyl sites for hydroxylation is 2. The molecule has 0 saturated carbocycles. The number of hydrogen-bond donors (Lipinski definition) is 2. The van der Waals surface area contributed by atoms with Crippen LogP contribution in [0.4, 0.5) is 23.3 Å². The van der Waals surface area contributed by atoms with Crippen molar-refractivity contribution in [2.24, 2.45) is 0 Å². The van der Waals surface area contributed by atoms with E-state index in [1.807, 2.05) is 6.07 Å². The molecule has 7 rings (SSSR count). The number of likely N-dealkylation sites (tertiary alicyclic amines) is 1. The Bertz CT molecular complexity index is 1450. The molecule has 4 heterocycles. The fourth-order valence-electron chi connectivity index (χ4n) is 6.40. The summed E-state index contributed by atoms with van der Waals surface area (Å²) in [5, 5.41) is 17.0. The number of anilines is 4. The molecule has 1 aliphatic carbocycles. The summed E-state index contributed by atoms with van der Waals surface area (Å²) in [6.45, 7) is 4.80. The lowest BCUT2D eigenvalue weighted by molar-refractivity contribution is 0.208. The lowest BCUT2D eigenvalue weighted by Crippen LogP contribution is -2.43. The van der Waals surface area contributed by atoms with E-state index < -0.39 is 0 Å². The summed E-state index contributed by atoms with van der Waals surface area (Å²) in [7, 11) is 0. The molecule has 9 nitrogen and oxygen atoms in total. The van der Waals surface area contributed by atoms with Gasteiger partial charge in [0.1, 0.15) is 0 Å². The van der Waals surface area contributed by atoms with Crippen molar-refractivity contribution in [3.8, 4) is 17.1 Å². The summed E-state index contributed by atoms with van der Waals surface area (Å²) in [6.07, 6.45) is 8.27. The number of fused-ring (bicyclic) bond motifs is 3. The highest BCUT2D eigenvalue weighted by molar-refractivity contribution is 5.68. The Morgan fingerprint density at radius 3 is 2.41 bits per heavy atom. The van der Waals surface area contributed by atoms with Crippen molar-refractivity contribution in [2.45, 2.75) is 51.0 Å². The highest BCUT2D eigenvalue weighted by atomic mass is 15.4. The number of benzene rings is 2. The van der Waals surface area contributed by atoms with E-state index in [0.717, 1.165) is 60.9 Å². The summed E-state index contributed by atoms with van der Waals surface area (Å²) in [6, 6.07) is 19.8. The van der Waals surface area contributed by atoms with Gasteiger partial charge in [-0.05, 0) is 99.5 Å². The molecule has 0 spiro atoms. The molecular formula is C30H35N9. The van der Waals surface area contributed by atoms with Crippen molar-refractivity contribution in [1.29, 1.82) is 0 Å². The third kappa shape index (κ3) is 4.83. The van der Waals surface area contributed by atoms with Crippen LogP contribution >= 0.6 is 0 Å². The first-order chi connectivity index (χ1) is 19.2. The van der Waals surface area contributed by atoms with E-state index in [1.165, 1.54) is 50.0 Å². The van der Waals surface area contributed by atoms with Gasteiger partial charge in [-0.1, -0.05) is 24.3 Å². The van der Waals surface area contributed by atoms with Crippen LogP contribution in [-0.2, 0) is 12.8 Å². The lowest BCUT2D eigenvalue weighted by atomic mass is 10.0. The molecule has 0 bridgehead atoms. The standard InChI is InChI=1S/C30H35N9/c31-29-33-30(32-23-10-12-24(13-11-23)38-18-14-25(15-19-38)37-16-3-4-17-37)36-39(29)27-20-22-8-5-7-21-6-1-2-9-26(21)28(22)35-34-27/h1-2,6,9-13,20,25H,3-5,7-8,14-19H2,(H3,31,32,33,36). The average Bonchev–Trinajstić information content (AvgIpc) is 3.60. The van der Waals surface area contributed by atoms with Crippen molar-refractivity contribution in [3.63, 3.8) is 0 Å². The summed E-state index contributed by atoms with van der Waals surface area (Å²) in [4.78, 5) is 9.63. The summed E-state index contributed by atoms with van der Waals surface area (Å²) < 4.78 is 1.56. The maximum absolute atomic E-state index is 6.26. The Morgan fingerprint density at radius 2 is 1.59 bits per heavy atom. The maximum Gasteiger partial charge on any atom is 0.248 e. The molecule has 9 heteroatoms. The van der Waals surface area contributed by atoms with E-state index >= 15 is 0 Å². The fraction of sp³-hybridized carbons (Fsp3) is 0.400. The molecular weight excluding hydrogens is 486 g/mol. The molecule has 0 amide bonds. The van der Waals surface area contributed by atoms with Gasteiger partial charge < -0.3 is 20.9 Å². The molecule has 39 heavy (non-hydrogen) atoms. The van der Waals surface area contributed by atoms with Gasteiger partial charge in [-0.3, -0.25) is 0 Å². The van der Waals surface area contributed by atoms with Crippen LogP contribution in [0.1, 0.15) is 43.2 Å². The van der Waals surface area contributed by atoms with Crippen molar-refractivity contribution in [3.05, 3.63) is 65.7 Å². The van der Waals surface area contributed by atoms with Gasteiger partial charge in [-0.2, -0.15) is 9.67 Å². The Hall–Kier alpha value is -3.98. The van der Waals surface area contributed by atoms with Gasteiger partial charge in [0, 0.05) is 36.1 Å². The second kappa shape index (κ2) is 10.3. The number of nitrogen functional groups attached to an aromatic ring is 1. The van der Waals surface area contributed by atoms with E-state index in [4.69, 9.17) is 5.73 Å². The highest BCUT2D eigenvalue weighted by Crippen LogP contribution is 2.31. The van der Waals surface area contributed by atoms with E-state index in [9.17, 15) is 0 Å². The maximum atomic E-state index is 6.26. The molecule has 2 aliphatic heterocycles. The Morgan fingerprint density at radius 1 is 0.821 bits per heavy atom. The highest BCUT2D eigenvalue weighted by Gasteiger charge is 2.26. The normalized spacial score (nSPS) is 18.0.